The summed E-state index contributed by atoms with van der Waals surface area (Å²) in [6.45, 7) is 5.74. The summed E-state index contributed by atoms with van der Waals surface area (Å²) in [7, 11) is 0. The highest BCUT2D eigenvalue weighted by Gasteiger charge is 2.35. The molecule has 3 nitrogen and oxygen atoms in total. The monoisotopic (exact) mass is 354 g/mol. The number of pyridine rings is 1. The Bertz CT molecular complexity index is 461. The topological polar surface area (TPSA) is 48.1 Å². The van der Waals surface area contributed by atoms with Crippen molar-refractivity contribution in [2.75, 3.05) is 6.61 Å². The van der Waals surface area contributed by atoms with Gasteiger partial charge in [-0.3, -0.25) is 0 Å². The number of hydrogen-bond donors (Lipinski definition) is 1. The molecule has 0 saturated carbocycles. The van der Waals surface area contributed by atoms with E-state index in [9.17, 15) is 13.2 Å². The van der Waals surface area contributed by atoms with Crippen LogP contribution >= 0.6 is 15.9 Å². The number of ether oxygens (including phenoxy) is 1. The highest BCUT2D eigenvalue weighted by atomic mass is 79.9. The molecule has 0 aliphatic rings. The van der Waals surface area contributed by atoms with Crippen molar-refractivity contribution in [2.45, 2.75) is 38.9 Å². The van der Waals surface area contributed by atoms with Crippen LogP contribution in [0.2, 0.25) is 0 Å². The second-order valence-corrected chi connectivity index (χ2v) is 6.35. The number of aromatic nitrogens is 1. The summed E-state index contributed by atoms with van der Waals surface area (Å²) >= 11 is 2.92. The van der Waals surface area contributed by atoms with Gasteiger partial charge in [0.15, 0.2) is 0 Å². The quantitative estimate of drug-likeness (QED) is 0.812. The van der Waals surface area contributed by atoms with E-state index in [2.05, 4.69) is 20.9 Å². The third-order valence-electron chi connectivity index (χ3n) is 2.57. The fraction of sp³-hybridized carbons (Fsp3) is 0.615. The molecule has 1 atom stereocenters. The van der Waals surface area contributed by atoms with Crippen LogP contribution < -0.4 is 10.5 Å². The minimum Gasteiger partial charge on any atom is -0.489 e. The zero-order valence-electron chi connectivity index (χ0n) is 11.6. The lowest BCUT2D eigenvalue weighted by Crippen LogP contribution is -2.43. The second-order valence-electron chi connectivity index (χ2n) is 5.54. The first kappa shape index (κ1) is 17.2. The van der Waals surface area contributed by atoms with Crippen molar-refractivity contribution in [3.05, 3.63) is 22.4 Å². The van der Waals surface area contributed by atoms with E-state index in [-0.39, 0.29) is 17.0 Å². The molecule has 0 spiro atoms. The largest absolute Gasteiger partial charge is 0.489 e. The molecule has 0 amide bonds. The van der Waals surface area contributed by atoms with Crippen LogP contribution in [0.5, 0.6) is 5.75 Å². The van der Waals surface area contributed by atoms with E-state index in [1.807, 2.05) is 13.8 Å². The normalized spacial score (nSPS) is 15.2. The lowest BCUT2D eigenvalue weighted by molar-refractivity contribution is -0.139. The van der Waals surface area contributed by atoms with Gasteiger partial charge in [0.2, 0.25) is 0 Å². The average Bonchev–Trinajstić information content (AvgIpc) is 2.24. The first-order valence-corrected chi connectivity index (χ1v) is 6.95. The summed E-state index contributed by atoms with van der Waals surface area (Å²) in [4.78, 5) is 3.77. The van der Waals surface area contributed by atoms with Crippen LogP contribution in [0.1, 0.15) is 32.8 Å². The average molecular weight is 355 g/mol. The summed E-state index contributed by atoms with van der Waals surface area (Å²) in [6.07, 6.45) is -2.79. The van der Waals surface area contributed by atoms with E-state index >= 15 is 0 Å². The predicted molar refractivity (Wildman–Crippen MR) is 74.5 cm³/mol. The number of nitrogens with two attached hydrogens (primary N) is 1. The molecule has 0 aliphatic carbocycles. The van der Waals surface area contributed by atoms with Gasteiger partial charge in [-0.2, -0.15) is 13.2 Å². The Morgan fingerprint density at radius 1 is 1.40 bits per heavy atom. The fourth-order valence-electron chi connectivity index (χ4n) is 1.99. The molecule has 0 radical (unpaired) electrons. The minimum atomic E-state index is -4.50. The Balaban J connectivity index is 2.88. The summed E-state index contributed by atoms with van der Waals surface area (Å²) in [5.41, 5.74) is 4.47. The molecular formula is C13H18BrF3N2O. The summed E-state index contributed by atoms with van der Waals surface area (Å²) in [6, 6.07) is 0.894. The first-order valence-electron chi connectivity index (χ1n) is 6.16. The molecule has 0 saturated heterocycles. The molecule has 0 fully saturated rings. The molecule has 2 N–H and O–H groups in total. The molecule has 1 aromatic rings. The number of alkyl halides is 3. The van der Waals surface area contributed by atoms with E-state index < -0.39 is 17.3 Å². The van der Waals surface area contributed by atoms with Crippen molar-refractivity contribution in [1.82, 2.24) is 4.98 Å². The van der Waals surface area contributed by atoms with Gasteiger partial charge in [-0.05, 0) is 41.3 Å². The van der Waals surface area contributed by atoms with E-state index in [1.165, 1.54) is 0 Å². The van der Waals surface area contributed by atoms with Crippen LogP contribution in [0.15, 0.2) is 16.9 Å². The maximum atomic E-state index is 12.9. The smallest absolute Gasteiger partial charge is 0.420 e. The van der Waals surface area contributed by atoms with Gasteiger partial charge in [-0.25, -0.2) is 4.98 Å². The summed E-state index contributed by atoms with van der Waals surface area (Å²) in [5, 5.41) is 0. The van der Waals surface area contributed by atoms with Gasteiger partial charge in [-0.15, -0.1) is 0 Å². The molecule has 0 unspecified atom stereocenters. The maximum Gasteiger partial charge on any atom is 0.420 e. The van der Waals surface area contributed by atoms with Gasteiger partial charge in [-0.1, -0.05) is 13.8 Å². The van der Waals surface area contributed by atoms with Gasteiger partial charge < -0.3 is 10.5 Å². The van der Waals surface area contributed by atoms with Crippen molar-refractivity contribution >= 4 is 15.9 Å². The van der Waals surface area contributed by atoms with E-state index in [4.69, 9.17) is 10.5 Å². The summed E-state index contributed by atoms with van der Waals surface area (Å²) < 4.78 is 44.1. The fourth-order valence-corrected chi connectivity index (χ4v) is 2.32. The molecule has 1 heterocycles. The first-order chi connectivity index (χ1) is 9.01. The molecule has 20 heavy (non-hydrogen) atoms. The van der Waals surface area contributed by atoms with Crippen LogP contribution in [0.4, 0.5) is 13.2 Å². The van der Waals surface area contributed by atoms with Gasteiger partial charge in [0.05, 0.1) is 6.20 Å². The molecule has 114 valence electrons. The third kappa shape index (κ3) is 5.28. The summed E-state index contributed by atoms with van der Waals surface area (Å²) in [5.74, 6) is 0.0276. The van der Waals surface area contributed by atoms with Crippen molar-refractivity contribution in [3.8, 4) is 5.75 Å². The number of halogens is 4. The lowest BCUT2D eigenvalue weighted by Gasteiger charge is -2.27. The predicted octanol–water partition coefficient (Wildman–Crippen LogP) is 4.01. The van der Waals surface area contributed by atoms with E-state index in [0.717, 1.165) is 12.3 Å². The van der Waals surface area contributed by atoms with Crippen LogP contribution in [-0.2, 0) is 6.18 Å². The standard InChI is InChI=1S/C13H18BrF3N2O/c1-8(2)5-12(3,18)7-20-10-6-19-11(14)4-9(10)13(15,16)17/h4,6,8H,5,7,18H2,1-3H3/t12-/m0/s1. The van der Waals surface area contributed by atoms with Crippen molar-refractivity contribution in [1.29, 1.82) is 0 Å². The Labute approximate surface area is 124 Å². The van der Waals surface area contributed by atoms with Gasteiger partial charge in [0.25, 0.3) is 0 Å². The Morgan fingerprint density at radius 3 is 2.50 bits per heavy atom. The van der Waals surface area contributed by atoms with Crippen LogP contribution in [0.25, 0.3) is 0 Å². The SMILES string of the molecule is CC(C)C[C@](C)(N)COc1cnc(Br)cc1C(F)(F)F. The Hall–Kier alpha value is -0.820. The number of nitrogens with zero attached hydrogens (tertiary/aromatic N) is 1. The lowest BCUT2D eigenvalue weighted by atomic mass is 9.93. The second kappa shape index (κ2) is 6.30. The maximum absolute atomic E-state index is 12.9. The van der Waals surface area contributed by atoms with Crippen LogP contribution in [-0.4, -0.2) is 17.1 Å². The zero-order valence-corrected chi connectivity index (χ0v) is 13.2. The third-order valence-corrected chi connectivity index (χ3v) is 3.01. The molecule has 1 aromatic heterocycles. The highest BCUT2D eigenvalue weighted by Crippen LogP contribution is 2.37. The highest BCUT2D eigenvalue weighted by molar-refractivity contribution is 9.10. The van der Waals surface area contributed by atoms with Crippen molar-refractivity contribution in [2.24, 2.45) is 11.7 Å². The Morgan fingerprint density at radius 2 is 2.00 bits per heavy atom. The van der Waals surface area contributed by atoms with Crippen molar-refractivity contribution < 1.29 is 17.9 Å². The Kier molecular flexibility index (Phi) is 5.43. The molecular weight excluding hydrogens is 337 g/mol. The molecule has 1 rings (SSSR count). The van der Waals surface area contributed by atoms with Gasteiger partial charge in [0.1, 0.15) is 22.5 Å². The molecule has 7 heteroatoms. The zero-order chi connectivity index (χ0) is 15.6. The van der Waals surface area contributed by atoms with Crippen LogP contribution in [0.3, 0.4) is 0 Å². The van der Waals surface area contributed by atoms with Gasteiger partial charge >= 0.3 is 6.18 Å². The molecule has 0 bridgehead atoms. The minimum absolute atomic E-state index is 0.00241. The number of hydrogen-bond acceptors (Lipinski definition) is 3. The molecule has 0 aromatic carbocycles. The van der Waals surface area contributed by atoms with Gasteiger partial charge in [0, 0.05) is 5.54 Å². The van der Waals surface area contributed by atoms with E-state index in [1.54, 1.807) is 6.92 Å². The number of rotatable bonds is 5. The van der Waals surface area contributed by atoms with Crippen molar-refractivity contribution in [3.63, 3.8) is 0 Å². The van der Waals surface area contributed by atoms with Crippen LogP contribution in [0, 0.1) is 5.92 Å². The van der Waals surface area contributed by atoms with E-state index in [0.29, 0.717) is 12.3 Å². The molecule has 0 aliphatic heterocycles.